The van der Waals surface area contributed by atoms with Crippen molar-refractivity contribution in [1.29, 1.82) is 0 Å². The molecule has 1 aromatic carbocycles. The number of hydrogen-bond donors (Lipinski definition) is 0. The van der Waals surface area contributed by atoms with E-state index in [1.165, 1.54) is 17.0 Å². The van der Waals surface area contributed by atoms with Gasteiger partial charge in [-0.1, -0.05) is 18.1 Å². The number of carbonyl (C=O) groups excluding carboxylic acids is 1. The Labute approximate surface area is 113 Å². The van der Waals surface area contributed by atoms with Crippen molar-refractivity contribution in [2.75, 3.05) is 6.54 Å². The second-order valence-corrected chi connectivity index (χ2v) is 5.17. The van der Waals surface area contributed by atoms with Crippen LogP contribution in [0.1, 0.15) is 26.3 Å². The normalized spacial score (nSPS) is 10.7. The third-order valence-corrected chi connectivity index (χ3v) is 2.22. The van der Waals surface area contributed by atoms with Crippen LogP contribution in [-0.4, -0.2) is 23.1 Å². The van der Waals surface area contributed by atoms with E-state index in [1.54, 1.807) is 32.9 Å². The molecule has 102 valence electrons. The average molecular weight is 263 g/mol. The Balaban J connectivity index is 2.75. The van der Waals surface area contributed by atoms with Gasteiger partial charge in [0.2, 0.25) is 0 Å². The van der Waals surface area contributed by atoms with E-state index in [0.717, 1.165) is 5.56 Å². The second-order valence-electron chi connectivity index (χ2n) is 5.17. The van der Waals surface area contributed by atoms with E-state index < -0.39 is 11.7 Å². The Morgan fingerprint density at radius 2 is 1.95 bits per heavy atom. The Kier molecular flexibility index (Phi) is 4.94. The van der Waals surface area contributed by atoms with Crippen molar-refractivity contribution >= 4 is 6.09 Å². The molecule has 0 radical (unpaired) electrons. The summed E-state index contributed by atoms with van der Waals surface area (Å²) in [6.07, 6.45) is 4.77. The maximum absolute atomic E-state index is 12.8. The number of halogens is 1. The summed E-state index contributed by atoms with van der Waals surface area (Å²) >= 11 is 0. The van der Waals surface area contributed by atoms with Crippen LogP contribution >= 0.6 is 0 Å². The minimum absolute atomic E-state index is 0.145. The van der Waals surface area contributed by atoms with Gasteiger partial charge in [-0.25, -0.2) is 9.18 Å². The highest BCUT2D eigenvalue weighted by atomic mass is 19.1. The molecule has 0 saturated heterocycles. The first-order valence-electron chi connectivity index (χ1n) is 5.97. The van der Waals surface area contributed by atoms with Gasteiger partial charge in [-0.3, -0.25) is 4.90 Å². The van der Waals surface area contributed by atoms with Gasteiger partial charge in [0, 0.05) is 6.54 Å². The minimum Gasteiger partial charge on any atom is -0.444 e. The number of ether oxygens (including phenoxy) is 1. The summed E-state index contributed by atoms with van der Waals surface area (Å²) < 4.78 is 18.1. The molecule has 0 atom stereocenters. The molecular formula is C15H18FNO2. The zero-order valence-electron chi connectivity index (χ0n) is 11.4. The van der Waals surface area contributed by atoms with Crippen molar-refractivity contribution in [3.63, 3.8) is 0 Å². The summed E-state index contributed by atoms with van der Waals surface area (Å²) in [6, 6.07) is 5.92. The molecule has 19 heavy (non-hydrogen) atoms. The minimum atomic E-state index is -0.577. The van der Waals surface area contributed by atoms with Gasteiger partial charge in [-0.2, -0.15) is 0 Å². The smallest absolute Gasteiger partial charge is 0.411 e. The van der Waals surface area contributed by atoms with Crippen LogP contribution < -0.4 is 0 Å². The topological polar surface area (TPSA) is 29.5 Å². The standard InChI is InChI=1S/C15H18FNO2/c1-5-10-17(14(18)19-15(2,3)4)11-12-6-8-13(16)9-7-12/h1,6-9H,10-11H2,2-4H3. The van der Waals surface area contributed by atoms with E-state index in [4.69, 9.17) is 11.2 Å². The van der Waals surface area contributed by atoms with Crippen LogP contribution in [0.4, 0.5) is 9.18 Å². The summed E-state index contributed by atoms with van der Waals surface area (Å²) in [6.45, 7) is 5.80. The van der Waals surface area contributed by atoms with Crippen molar-refractivity contribution in [2.45, 2.75) is 32.9 Å². The monoisotopic (exact) mass is 263 g/mol. The van der Waals surface area contributed by atoms with E-state index in [1.807, 2.05) is 0 Å². The lowest BCUT2D eigenvalue weighted by molar-refractivity contribution is 0.0260. The molecule has 1 rings (SSSR count). The first-order valence-corrected chi connectivity index (χ1v) is 5.97. The van der Waals surface area contributed by atoms with Crippen LogP contribution in [0.5, 0.6) is 0 Å². The molecule has 4 heteroatoms. The van der Waals surface area contributed by atoms with Gasteiger partial charge < -0.3 is 4.74 Å². The Morgan fingerprint density at radius 1 is 1.37 bits per heavy atom. The van der Waals surface area contributed by atoms with Crippen LogP contribution in [0, 0.1) is 18.2 Å². The fourth-order valence-corrected chi connectivity index (χ4v) is 1.43. The molecule has 0 N–H and O–H groups in total. The molecule has 0 bridgehead atoms. The molecule has 0 fully saturated rings. The number of terminal acetylenes is 1. The summed E-state index contributed by atoms with van der Waals surface area (Å²) in [5.41, 5.74) is 0.217. The van der Waals surface area contributed by atoms with Crippen molar-refractivity contribution in [3.8, 4) is 12.3 Å². The molecule has 0 aliphatic rings. The molecule has 1 amide bonds. The van der Waals surface area contributed by atoms with Crippen LogP contribution in [0.3, 0.4) is 0 Å². The highest BCUT2D eigenvalue weighted by molar-refractivity contribution is 5.68. The van der Waals surface area contributed by atoms with Crippen LogP contribution in [0.2, 0.25) is 0 Å². The number of hydrogen-bond acceptors (Lipinski definition) is 2. The first kappa shape index (κ1) is 15.0. The summed E-state index contributed by atoms with van der Waals surface area (Å²) in [4.78, 5) is 13.4. The van der Waals surface area contributed by atoms with E-state index in [-0.39, 0.29) is 12.4 Å². The van der Waals surface area contributed by atoms with Crippen molar-refractivity contribution in [3.05, 3.63) is 35.6 Å². The Morgan fingerprint density at radius 3 is 2.42 bits per heavy atom. The van der Waals surface area contributed by atoms with Crippen LogP contribution in [-0.2, 0) is 11.3 Å². The van der Waals surface area contributed by atoms with E-state index in [9.17, 15) is 9.18 Å². The molecular weight excluding hydrogens is 245 g/mol. The third kappa shape index (κ3) is 5.43. The van der Waals surface area contributed by atoms with Crippen molar-refractivity contribution in [2.24, 2.45) is 0 Å². The fourth-order valence-electron chi connectivity index (χ4n) is 1.43. The zero-order valence-corrected chi connectivity index (χ0v) is 11.4. The highest BCUT2D eigenvalue weighted by Gasteiger charge is 2.21. The SMILES string of the molecule is C#CCN(Cc1ccc(F)cc1)C(=O)OC(C)(C)C. The molecule has 0 spiro atoms. The largest absolute Gasteiger partial charge is 0.444 e. The summed E-state index contributed by atoms with van der Waals surface area (Å²) in [5.74, 6) is 2.10. The molecule has 3 nitrogen and oxygen atoms in total. The van der Waals surface area contributed by atoms with Gasteiger partial charge in [0.05, 0.1) is 6.54 Å². The van der Waals surface area contributed by atoms with Gasteiger partial charge in [0.15, 0.2) is 0 Å². The molecule has 0 aliphatic carbocycles. The van der Waals surface area contributed by atoms with Gasteiger partial charge in [-0.15, -0.1) is 6.42 Å². The number of amides is 1. The van der Waals surface area contributed by atoms with Crippen LogP contribution in [0.15, 0.2) is 24.3 Å². The number of nitrogens with zero attached hydrogens (tertiary/aromatic N) is 1. The lowest BCUT2D eigenvalue weighted by Crippen LogP contribution is -2.36. The average Bonchev–Trinajstić information content (AvgIpc) is 2.29. The number of rotatable bonds is 3. The van der Waals surface area contributed by atoms with Crippen molar-refractivity contribution in [1.82, 2.24) is 4.90 Å². The molecule has 0 heterocycles. The lowest BCUT2D eigenvalue weighted by Gasteiger charge is -2.26. The maximum Gasteiger partial charge on any atom is 0.411 e. The third-order valence-electron chi connectivity index (χ3n) is 2.22. The molecule has 0 aliphatic heterocycles. The van der Waals surface area contributed by atoms with Gasteiger partial charge in [-0.05, 0) is 38.5 Å². The molecule has 0 aromatic heterocycles. The second kappa shape index (κ2) is 6.24. The predicted molar refractivity (Wildman–Crippen MR) is 71.9 cm³/mol. The quantitative estimate of drug-likeness (QED) is 0.784. The fraction of sp³-hybridized carbons (Fsp3) is 0.400. The van der Waals surface area contributed by atoms with Gasteiger partial charge in [0.25, 0.3) is 0 Å². The highest BCUT2D eigenvalue weighted by Crippen LogP contribution is 2.12. The van der Waals surface area contributed by atoms with E-state index in [2.05, 4.69) is 5.92 Å². The van der Waals surface area contributed by atoms with E-state index in [0.29, 0.717) is 6.54 Å². The molecule has 1 aromatic rings. The Bertz CT molecular complexity index is 468. The lowest BCUT2D eigenvalue weighted by atomic mass is 10.2. The van der Waals surface area contributed by atoms with Crippen molar-refractivity contribution < 1.29 is 13.9 Å². The predicted octanol–water partition coefficient (Wildman–Crippen LogP) is 3.20. The molecule has 0 unspecified atom stereocenters. The number of benzene rings is 1. The van der Waals surface area contributed by atoms with E-state index >= 15 is 0 Å². The summed E-state index contributed by atoms with van der Waals surface area (Å²) in [5, 5.41) is 0. The zero-order chi connectivity index (χ0) is 14.5. The summed E-state index contributed by atoms with van der Waals surface area (Å²) in [7, 11) is 0. The molecule has 0 saturated carbocycles. The Hall–Kier alpha value is -2.02. The van der Waals surface area contributed by atoms with Gasteiger partial charge in [0.1, 0.15) is 11.4 Å². The number of carbonyl (C=O) groups is 1. The van der Waals surface area contributed by atoms with Gasteiger partial charge >= 0.3 is 6.09 Å². The first-order chi connectivity index (χ1) is 8.81. The van der Waals surface area contributed by atoms with Crippen LogP contribution in [0.25, 0.3) is 0 Å². The maximum atomic E-state index is 12.8.